The fourth-order valence-corrected chi connectivity index (χ4v) is 1.98. The van der Waals surface area contributed by atoms with Crippen molar-refractivity contribution in [2.45, 2.75) is 53.2 Å². The summed E-state index contributed by atoms with van der Waals surface area (Å²) in [7, 11) is 0. The Labute approximate surface area is 111 Å². The summed E-state index contributed by atoms with van der Waals surface area (Å²) >= 11 is 0. The number of aromatic nitrogens is 1. The van der Waals surface area contributed by atoms with Gasteiger partial charge >= 0.3 is 0 Å². The van der Waals surface area contributed by atoms with Crippen LogP contribution >= 0.6 is 0 Å². The predicted molar refractivity (Wildman–Crippen MR) is 76.8 cm³/mol. The molecular weight excluding hydrogens is 224 g/mol. The minimum absolute atomic E-state index is 0.448. The SMILES string of the molecule is CC[C@@H](O)c1ccc(N(CC(C)C)C(C)C)cn1. The van der Waals surface area contributed by atoms with Gasteiger partial charge in [-0.05, 0) is 38.3 Å². The van der Waals surface area contributed by atoms with Gasteiger partial charge in [0.15, 0.2) is 0 Å². The van der Waals surface area contributed by atoms with Crippen molar-refractivity contribution < 1.29 is 5.11 Å². The molecule has 1 heterocycles. The Hall–Kier alpha value is -1.09. The summed E-state index contributed by atoms with van der Waals surface area (Å²) in [4.78, 5) is 6.72. The number of anilines is 1. The standard InChI is InChI=1S/C15H26N2O/c1-6-15(18)14-8-7-13(9-16-14)17(12(4)5)10-11(2)3/h7-9,11-12,15,18H,6,10H2,1-5H3/t15-/m1/s1. The third-order valence-electron chi connectivity index (χ3n) is 3.02. The lowest BCUT2D eigenvalue weighted by Gasteiger charge is -2.30. The van der Waals surface area contributed by atoms with Crippen LogP contribution in [0, 0.1) is 5.92 Å². The number of hydrogen-bond donors (Lipinski definition) is 1. The van der Waals surface area contributed by atoms with E-state index in [4.69, 9.17) is 0 Å². The number of nitrogens with zero attached hydrogens (tertiary/aromatic N) is 2. The lowest BCUT2D eigenvalue weighted by Crippen LogP contribution is -2.34. The zero-order valence-electron chi connectivity index (χ0n) is 12.2. The van der Waals surface area contributed by atoms with Crippen molar-refractivity contribution >= 4 is 5.69 Å². The smallest absolute Gasteiger partial charge is 0.0957 e. The van der Waals surface area contributed by atoms with Gasteiger partial charge in [-0.1, -0.05) is 20.8 Å². The first-order valence-corrected chi connectivity index (χ1v) is 6.86. The third-order valence-corrected chi connectivity index (χ3v) is 3.02. The molecule has 0 amide bonds. The van der Waals surface area contributed by atoms with Crippen molar-refractivity contribution in [2.24, 2.45) is 5.92 Å². The zero-order chi connectivity index (χ0) is 13.7. The highest BCUT2D eigenvalue weighted by Crippen LogP contribution is 2.21. The molecule has 0 saturated heterocycles. The Bertz CT molecular complexity index is 346. The molecule has 0 aromatic carbocycles. The van der Waals surface area contributed by atoms with Crippen LogP contribution in [0.5, 0.6) is 0 Å². The first-order valence-electron chi connectivity index (χ1n) is 6.86. The van der Waals surface area contributed by atoms with Gasteiger partial charge in [0, 0.05) is 12.6 Å². The topological polar surface area (TPSA) is 36.4 Å². The van der Waals surface area contributed by atoms with E-state index in [0.717, 1.165) is 17.9 Å². The zero-order valence-corrected chi connectivity index (χ0v) is 12.2. The van der Waals surface area contributed by atoms with Crippen LogP contribution < -0.4 is 4.90 Å². The van der Waals surface area contributed by atoms with Crippen LogP contribution in [0.3, 0.4) is 0 Å². The largest absolute Gasteiger partial charge is 0.387 e. The van der Waals surface area contributed by atoms with Crippen molar-refractivity contribution in [2.75, 3.05) is 11.4 Å². The molecule has 0 aliphatic rings. The van der Waals surface area contributed by atoms with E-state index in [2.05, 4.69) is 43.6 Å². The summed E-state index contributed by atoms with van der Waals surface area (Å²) in [6.45, 7) is 11.8. The Morgan fingerprint density at radius 3 is 2.28 bits per heavy atom. The second-order valence-corrected chi connectivity index (χ2v) is 5.51. The van der Waals surface area contributed by atoms with E-state index in [9.17, 15) is 5.11 Å². The van der Waals surface area contributed by atoms with Gasteiger partial charge in [-0.2, -0.15) is 0 Å². The van der Waals surface area contributed by atoms with Gasteiger partial charge < -0.3 is 10.0 Å². The average Bonchev–Trinajstić information content (AvgIpc) is 2.34. The van der Waals surface area contributed by atoms with E-state index < -0.39 is 6.10 Å². The van der Waals surface area contributed by atoms with Crippen molar-refractivity contribution in [1.82, 2.24) is 4.98 Å². The van der Waals surface area contributed by atoms with Crippen molar-refractivity contribution in [3.63, 3.8) is 0 Å². The van der Waals surface area contributed by atoms with Gasteiger partial charge in [0.1, 0.15) is 0 Å². The maximum atomic E-state index is 9.74. The predicted octanol–water partition coefficient (Wildman–Crippen LogP) is 3.40. The summed E-state index contributed by atoms with van der Waals surface area (Å²) in [5, 5.41) is 9.74. The molecule has 0 unspecified atom stereocenters. The normalized spacial score (nSPS) is 13.1. The number of pyridine rings is 1. The molecule has 1 aromatic rings. The monoisotopic (exact) mass is 250 g/mol. The molecule has 0 spiro atoms. The van der Waals surface area contributed by atoms with Gasteiger partial charge in [0.05, 0.1) is 23.7 Å². The van der Waals surface area contributed by atoms with Crippen LogP contribution in [0.4, 0.5) is 5.69 Å². The molecule has 0 saturated carbocycles. The molecule has 18 heavy (non-hydrogen) atoms. The molecule has 3 heteroatoms. The molecule has 0 bridgehead atoms. The number of hydrogen-bond acceptors (Lipinski definition) is 3. The van der Waals surface area contributed by atoms with Crippen LogP contribution in [-0.2, 0) is 0 Å². The van der Waals surface area contributed by atoms with E-state index in [1.165, 1.54) is 0 Å². The summed E-state index contributed by atoms with van der Waals surface area (Å²) in [5.74, 6) is 0.619. The van der Waals surface area contributed by atoms with Gasteiger partial charge in [0.25, 0.3) is 0 Å². The molecule has 102 valence electrons. The van der Waals surface area contributed by atoms with Crippen LogP contribution in [0.2, 0.25) is 0 Å². The fraction of sp³-hybridized carbons (Fsp3) is 0.667. The molecule has 3 nitrogen and oxygen atoms in total. The van der Waals surface area contributed by atoms with Crippen LogP contribution in [0.1, 0.15) is 52.8 Å². The molecule has 0 aliphatic carbocycles. The second-order valence-electron chi connectivity index (χ2n) is 5.51. The summed E-state index contributed by atoms with van der Waals surface area (Å²) in [5.41, 5.74) is 1.89. The van der Waals surface area contributed by atoms with Gasteiger partial charge in [0.2, 0.25) is 0 Å². The number of aliphatic hydroxyl groups is 1. The summed E-state index contributed by atoms with van der Waals surface area (Å²) < 4.78 is 0. The molecule has 1 rings (SSSR count). The Morgan fingerprint density at radius 2 is 1.89 bits per heavy atom. The minimum atomic E-state index is -0.448. The number of aliphatic hydroxyl groups excluding tert-OH is 1. The number of rotatable bonds is 6. The molecule has 1 atom stereocenters. The Kier molecular flexibility index (Phi) is 5.60. The summed E-state index contributed by atoms with van der Waals surface area (Å²) in [6.07, 6.45) is 2.12. The minimum Gasteiger partial charge on any atom is -0.387 e. The molecule has 1 N–H and O–H groups in total. The van der Waals surface area contributed by atoms with E-state index in [1.807, 2.05) is 19.2 Å². The van der Waals surface area contributed by atoms with Crippen molar-refractivity contribution in [1.29, 1.82) is 0 Å². The molecule has 0 radical (unpaired) electrons. The molecule has 0 aliphatic heterocycles. The van der Waals surface area contributed by atoms with Crippen molar-refractivity contribution in [3.8, 4) is 0 Å². The molecule has 0 fully saturated rings. The van der Waals surface area contributed by atoms with Crippen molar-refractivity contribution in [3.05, 3.63) is 24.0 Å². The Balaban J connectivity index is 2.86. The average molecular weight is 250 g/mol. The molecular formula is C15H26N2O. The fourth-order valence-electron chi connectivity index (χ4n) is 1.98. The lowest BCUT2D eigenvalue weighted by molar-refractivity contribution is 0.169. The second kappa shape index (κ2) is 6.74. The lowest BCUT2D eigenvalue weighted by atomic mass is 10.1. The van der Waals surface area contributed by atoms with Gasteiger partial charge in [-0.3, -0.25) is 4.98 Å². The quantitative estimate of drug-likeness (QED) is 0.840. The maximum absolute atomic E-state index is 9.74. The first kappa shape index (κ1) is 15.0. The van der Waals surface area contributed by atoms with Gasteiger partial charge in [-0.25, -0.2) is 0 Å². The van der Waals surface area contributed by atoms with E-state index >= 15 is 0 Å². The Morgan fingerprint density at radius 1 is 1.22 bits per heavy atom. The van der Waals surface area contributed by atoms with E-state index in [1.54, 1.807) is 0 Å². The third kappa shape index (κ3) is 3.98. The summed E-state index contributed by atoms with van der Waals surface area (Å²) in [6, 6.07) is 4.44. The highest BCUT2D eigenvalue weighted by Gasteiger charge is 2.13. The van der Waals surface area contributed by atoms with Crippen LogP contribution in [0.15, 0.2) is 18.3 Å². The van der Waals surface area contributed by atoms with E-state index in [-0.39, 0.29) is 0 Å². The highest BCUT2D eigenvalue weighted by molar-refractivity contribution is 5.45. The maximum Gasteiger partial charge on any atom is 0.0957 e. The first-order chi connectivity index (χ1) is 8.45. The van der Waals surface area contributed by atoms with Gasteiger partial charge in [-0.15, -0.1) is 0 Å². The van der Waals surface area contributed by atoms with E-state index in [0.29, 0.717) is 18.4 Å². The molecule has 1 aromatic heterocycles. The van der Waals surface area contributed by atoms with Crippen LogP contribution in [-0.4, -0.2) is 22.7 Å². The van der Waals surface area contributed by atoms with Crippen LogP contribution in [0.25, 0.3) is 0 Å². The highest BCUT2D eigenvalue weighted by atomic mass is 16.3.